The molecule has 144 valence electrons. The lowest BCUT2D eigenvalue weighted by molar-refractivity contribution is 0.164. The van der Waals surface area contributed by atoms with Crippen LogP contribution >= 0.6 is 12.2 Å². The third-order valence-electron chi connectivity index (χ3n) is 5.08. The van der Waals surface area contributed by atoms with Gasteiger partial charge in [0.1, 0.15) is 5.75 Å². The zero-order chi connectivity index (χ0) is 18.9. The van der Waals surface area contributed by atoms with E-state index in [4.69, 9.17) is 17.0 Å². The molecule has 2 N–H and O–H groups in total. The zero-order valence-electron chi connectivity index (χ0n) is 16.0. The maximum atomic E-state index is 5.50. The minimum Gasteiger partial charge on any atom is -0.497 e. The van der Waals surface area contributed by atoms with Crippen molar-refractivity contribution in [2.45, 2.75) is 31.8 Å². The molecule has 4 nitrogen and oxygen atoms in total. The molecule has 0 unspecified atom stereocenters. The average Bonchev–Trinajstić information content (AvgIpc) is 2.74. The van der Waals surface area contributed by atoms with Gasteiger partial charge in [0.25, 0.3) is 0 Å². The highest BCUT2D eigenvalue weighted by Crippen LogP contribution is 2.25. The van der Waals surface area contributed by atoms with Crippen LogP contribution in [0, 0.1) is 0 Å². The molecule has 0 radical (unpaired) electrons. The summed E-state index contributed by atoms with van der Waals surface area (Å²) in [7, 11) is 1.70. The molecule has 2 aromatic carbocycles. The summed E-state index contributed by atoms with van der Waals surface area (Å²) in [6.07, 6.45) is 3.86. The molecule has 2 aromatic rings. The van der Waals surface area contributed by atoms with Crippen LogP contribution in [0.15, 0.2) is 54.6 Å². The number of thiocarbonyl (C=S) groups is 1. The second kappa shape index (κ2) is 10.3. The van der Waals surface area contributed by atoms with Crippen LogP contribution in [0.4, 0.5) is 0 Å². The van der Waals surface area contributed by atoms with Crippen molar-refractivity contribution in [1.29, 1.82) is 0 Å². The van der Waals surface area contributed by atoms with Gasteiger partial charge >= 0.3 is 0 Å². The van der Waals surface area contributed by atoms with Crippen molar-refractivity contribution in [1.82, 2.24) is 15.5 Å². The molecule has 1 aliphatic heterocycles. The van der Waals surface area contributed by atoms with Gasteiger partial charge in [0.15, 0.2) is 5.11 Å². The molecule has 0 aromatic heterocycles. The molecule has 1 aliphatic rings. The summed E-state index contributed by atoms with van der Waals surface area (Å²) >= 11 is 5.50. The van der Waals surface area contributed by atoms with Gasteiger partial charge in [-0.25, -0.2) is 0 Å². The van der Waals surface area contributed by atoms with Crippen molar-refractivity contribution >= 4 is 17.3 Å². The van der Waals surface area contributed by atoms with Crippen molar-refractivity contribution in [3.05, 3.63) is 65.7 Å². The number of piperidine rings is 1. The van der Waals surface area contributed by atoms with E-state index >= 15 is 0 Å². The van der Waals surface area contributed by atoms with E-state index in [1.807, 2.05) is 30.3 Å². The molecule has 0 spiro atoms. The molecule has 1 atom stereocenters. The van der Waals surface area contributed by atoms with Crippen LogP contribution in [0.5, 0.6) is 5.75 Å². The van der Waals surface area contributed by atoms with Gasteiger partial charge in [0.05, 0.1) is 13.2 Å². The number of hydrogen-bond donors (Lipinski definition) is 2. The molecule has 0 bridgehead atoms. The van der Waals surface area contributed by atoms with E-state index in [1.165, 1.54) is 30.4 Å². The van der Waals surface area contributed by atoms with Crippen LogP contribution in [0.1, 0.15) is 36.4 Å². The normalized spacial score (nSPS) is 15.7. The fourth-order valence-electron chi connectivity index (χ4n) is 3.54. The fraction of sp³-hybridized carbons (Fsp3) is 0.409. The Hall–Kier alpha value is -2.11. The van der Waals surface area contributed by atoms with Gasteiger partial charge in [0, 0.05) is 13.1 Å². The van der Waals surface area contributed by atoms with Gasteiger partial charge in [0.2, 0.25) is 0 Å². The summed E-state index contributed by atoms with van der Waals surface area (Å²) in [5, 5.41) is 7.44. The minimum atomic E-state index is 0.313. The number of likely N-dealkylation sites (tertiary alicyclic amines) is 1. The first-order chi connectivity index (χ1) is 13.3. The van der Waals surface area contributed by atoms with E-state index < -0.39 is 0 Å². The Kier molecular flexibility index (Phi) is 7.48. The quantitative estimate of drug-likeness (QED) is 0.710. The van der Waals surface area contributed by atoms with Crippen molar-refractivity contribution in [2.24, 2.45) is 0 Å². The molecule has 5 heteroatoms. The first-order valence-corrected chi connectivity index (χ1v) is 10.1. The summed E-state index contributed by atoms with van der Waals surface area (Å²) in [5.41, 5.74) is 2.53. The summed E-state index contributed by atoms with van der Waals surface area (Å²) < 4.78 is 5.31. The Labute approximate surface area is 167 Å². The predicted octanol–water partition coefficient (Wildman–Crippen LogP) is 3.89. The van der Waals surface area contributed by atoms with Crippen LogP contribution in [-0.4, -0.2) is 36.8 Å². The monoisotopic (exact) mass is 383 g/mol. The Morgan fingerprint density at radius 1 is 1.00 bits per heavy atom. The fourth-order valence-corrected chi connectivity index (χ4v) is 3.70. The molecule has 0 aliphatic carbocycles. The molecule has 3 rings (SSSR count). The number of rotatable bonds is 7. The zero-order valence-corrected chi connectivity index (χ0v) is 16.8. The Balaban J connectivity index is 1.59. The summed E-state index contributed by atoms with van der Waals surface area (Å²) in [5.74, 6) is 0.893. The second-order valence-electron chi connectivity index (χ2n) is 6.93. The van der Waals surface area contributed by atoms with Gasteiger partial charge in [-0.2, -0.15) is 0 Å². The average molecular weight is 384 g/mol. The number of ether oxygens (including phenoxy) is 1. The maximum absolute atomic E-state index is 5.50. The Bertz CT molecular complexity index is 699. The van der Waals surface area contributed by atoms with Gasteiger partial charge in [-0.15, -0.1) is 0 Å². The summed E-state index contributed by atoms with van der Waals surface area (Å²) in [6.45, 7) is 3.82. The highest BCUT2D eigenvalue weighted by molar-refractivity contribution is 7.80. The van der Waals surface area contributed by atoms with Gasteiger partial charge in [-0.1, -0.05) is 48.9 Å². The third kappa shape index (κ3) is 5.94. The number of benzene rings is 2. The number of nitrogens with one attached hydrogen (secondary N) is 2. The molecular weight excluding hydrogens is 354 g/mol. The SMILES string of the molecule is COc1ccc([C@@H](CNC(=S)NCc2ccccc2)N2CCCCC2)cc1. The van der Waals surface area contributed by atoms with E-state index in [0.29, 0.717) is 11.2 Å². The van der Waals surface area contributed by atoms with E-state index in [9.17, 15) is 0 Å². The van der Waals surface area contributed by atoms with Crippen LogP contribution < -0.4 is 15.4 Å². The van der Waals surface area contributed by atoms with E-state index in [-0.39, 0.29) is 0 Å². The molecular formula is C22H29N3OS. The van der Waals surface area contributed by atoms with Gasteiger partial charge in [-0.05, 0) is 61.4 Å². The topological polar surface area (TPSA) is 36.5 Å². The first-order valence-electron chi connectivity index (χ1n) is 9.70. The summed E-state index contributed by atoms with van der Waals surface area (Å²) in [6, 6.07) is 19.0. The minimum absolute atomic E-state index is 0.313. The van der Waals surface area contributed by atoms with Crippen molar-refractivity contribution in [2.75, 3.05) is 26.7 Å². The third-order valence-corrected chi connectivity index (χ3v) is 5.37. The lowest BCUT2D eigenvalue weighted by Crippen LogP contribution is -2.43. The molecule has 1 saturated heterocycles. The maximum Gasteiger partial charge on any atom is 0.166 e. The van der Waals surface area contributed by atoms with E-state index in [1.54, 1.807) is 7.11 Å². The lowest BCUT2D eigenvalue weighted by Gasteiger charge is -2.35. The molecule has 1 heterocycles. The van der Waals surface area contributed by atoms with Crippen molar-refractivity contribution < 1.29 is 4.74 Å². The Morgan fingerprint density at radius 2 is 1.70 bits per heavy atom. The van der Waals surface area contributed by atoms with Gasteiger partial charge in [-0.3, -0.25) is 4.90 Å². The summed E-state index contributed by atoms with van der Waals surface area (Å²) in [4.78, 5) is 2.57. The lowest BCUT2D eigenvalue weighted by atomic mass is 10.0. The van der Waals surface area contributed by atoms with E-state index in [0.717, 1.165) is 31.9 Å². The van der Waals surface area contributed by atoms with Crippen LogP contribution in [0.25, 0.3) is 0 Å². The molecule has 27 heavy (non-hydrogen) atoms. The standard InChI is InChI=1S/C22H29N3OS/c1-26-20-12-10-19(11-13-20)21(25-14-6-3-7-15-25)17-24-22(27)23-16-18-8-4-2-5-9-18/h2,4-5,8-13,21H,3,6-7,14-17H2,1H3,(H2,23,24,27)/t21-/m1/s1. The second-order valence-corrected chi connectivity index (χ2v) is 7.34. The molecule has 0 amide bonds. The largest absolute Gasteiger partial charge is 0.497 e. The number of hydrogen-bond acceptors (Lipinski definition) is 3. The van der Waals surface area contributed by atoms with Crippen LogP contribution in [0.2, 0.25) is 0 Å². The molecule has 0 saturated carbocycles. The highest BCUT2D eigenvalue weighted by atomic mass is 32.1. The first kappa shape index (κ1) is 19.6. The molecule has 1 fully saturated rings. The van der Waals surface area contributed by atoms with Crippen LogP contribution in [-0.2, 0) is 6.54 Å². The smallest absolute Gasteiger partial charge is 0.166 e. The van der Waals surface area contributed by atoms with Crippen molar-refractivity contribution in [3.8, 4) is 5.75 Å². The number of methoxy groups -OCH3 is 1. The number of nitrogens with zero attached hydrogens (tertiary/aromatic N) is 1. The highest BCUT2D eigenvalue weighted by Gasteiger charge is 2.22. The Morgan fingerprint density at radius 3 is 2.37 bits per heavy atom. The predicted molar refractivity (Wildman–Crippen MR) is 115 cm³/mol. The van der Waals surface area contributed by atoms with Crippen LogP contribution in [0.3, 0.4) is 0 Å². The van der Waals surface area contributed by atoms with Crippen molar-refractivity contribution in [3.63, 3.8) is 0 Å². The van der Waals surface area contributed by atoms with Gasteiger partial charge < -0.3 is 15.4 Å². The van der Waals surface area contributed by atoms with E-state index in [2.05, 4.69) is 39.8 Å².